The molecule has 5 nitrogen and oxygen atoms in total. The lowest BCUT2D eigenvalue weighted by Gasteiger charge is -2.09. The average molecular weight is 356 g/mol. The summed E-state index contributed by atoms with van der Waals surface area (Å²) in [6.07, 6.45) is 0. The van der Waals surface area contributed by atoms with E-state index in [2.05, 4.69) is 5.32 Å². The monoisotopic (exact) mass is 355 g/mol. The number of para-hydroxylation sites is 1. The summed E-state index contributed by atoms with van der Waals surface area (Å²) in [5.41, 5.74) is 1.32. The van der Waals surface area contributed by atoms with Crippen LogP contribution in [-0.2, 0) is 9.53 Å². The molecule has 0 radical (unpaired) electrons. The molecule has 0 aliphatic rings. The molecule has 2 aromatic rings. The molecule has 1 N–H and O–H groups in total. The van der Waals surface area contributed by atoms with E-state index >= 15 is 0 Å². The summed E-state index contributed by atoms with van der Waals surface area (Å²) in [6.45, 7) is 4.72. The molecule has 0 atom stereocenters. The van der Waals surface area contributed by atoms with Crippen LogP contribution in [0.25, 0.3) is 0 Å². The molecule has 0 saturated carbocycles. The lowest BCUT2D eigenvalue weighted by Crippen LogP contribution is -2.21. The maximum atomic E-state index is 12.1. The van der Waals surface area contributed by atoms with Crippen LogP contribution < -0.4 is 5.32 Å². The average Bonchev–Trinajstić information content (AvgIpc) is 2.74. The van der Waals surface area contributed by atoms with Gasteiger partial charge in [-0.2, -0.15) is 0 Å². The Morgan fingerprint density at radius 3 is 2.26 bits per heavy atom. The van der Waals surface area contributed by atoms with Crippen LogP contribution in [0, 0.1) is 20.8 Å². The SMILES string of the molecule is Cc1oc(C)c(C(=O)OCC(=O)Nc2c(Cl)cccc2Cl)c1C. The number of hydrogen-bond acceptors (Lipinski definition) is 4. The van der Waals surface area contributed by atoms with Crippen molar-refractivity contribution in [1.82, 2.24) is 0 Å². The van der Waals surface area contributed by atoms with Crippen molar-refractivity contribution in [3.8, 4) is 0 Å². The second kappa shape index (κ2) is 7.06. The molecule has 122 valence electrons. The van der Waals surface area contributed by atoms with Crippen LogP contribution in [0.1, 0.15) is 27.4 Å². The number of benzene rings is 1. The van der Waals surface area contributed by atoms with Crippen LogP contribution in [0.5, 0.6) is 0 Å². The normalized spacial score (nSPS) is 10.5. The molecule has 1 aromatic carbocycles. The Morgan fingerprint density at radius 2 is 1.74 bits per heavy atom. The van der Waals surface area contributed by atoms with Gasteiger partial charge in [-0.3, -0.25) is 4.79 Å². The molecule has 7 heteroatoms. The first-order valence-electron chi connectivity index (χ1n) is 6.78. The van der Waals surface area contributed by atoms with Gasteiger partial charge in [-0.15, -0.1) is 0 Å². The van der Waals surface area contributed by atoms with Crippen molar-refractivity contribution in [3.63, 3.8) is 0 Å². The molecule has 1 aromatic heterocycles. The van der Waals surface area contributed by atoms with Gasteiger partial charge in [-0.1, -0.05) is 29.3 Å². The van der Waals surface area contributed by atoms with Crippen LogP contribution in [0.15, 0.2) is 22.6 Å². The highest BCUT2D eigenvalue weighted by molar-refractivity contribution is 6.39. The lowest BCUT2D eigenvalue weighted by atomic mass is 10.1. The third kappa shape index (κ3) is 3.86. The molecule has 0 fully saturated rings. The third-order valence-corrected chi connectivity index (χ3v) is 3.96. The van der Waals surface area contributed by atoms with Crippen LogP contribution in [-0.4, -0.2) is 18.5 Å². The van der Waals surface area contributed by atoms with E-state index < -0.39 is 18.5 Å². The zero-order chi connectivity index (χ0) is 17.1. The number of rotatable bonds is 4. The fourth-order valence-corrected chi connectivity index (χ4v) is 2.58. The summed E-state index contributed by atoms with van der Waals surface area (Å²) in [6, 6.07) is 4.85. The number of furan rings is 1. The molecule has 0 saturated heterocycles. The lowest BCUT2D eigenvalue weighted by molar-refractivity contribution is -0.119. The summed E-state index contributed by atoms with van der Waals surface area (Å²) >= 11 is 11.9. The first kappa shape index (κ1) is 17.4. The van der Waals surface area contributed by atoms with E-state index in [0.717, 1.165) is 0 Å². The molecule has 0 spiro atoms. The fourth-order valence-electron chi connectivity index (χ4n) is 2.09. The number of carbonyl (C=O) groups excluding carboxylic acids is 2. The summed E-state index contributed by atoms with van der Waals surface area (Å²) in [7, 11) is 0. The van der Waals surface area contributed by atoms with Gasteiger partial charge in [0.2, 0.25) is 0 Å². The minimum atomic E-state index is -0.614. The highest BCUT2D eigenvalue weighted by atomic mass is 35.5. The number of esters is 1. The van der Waals surface area contributed by atoms with Gasteiger partial charge in [-0.05, 0) is 32.9 Å². The van der Waals surface area contributed by atoms with Crippen LogP contribution in [0.3, 0.4) is 0 Å². The molecule has 0 aliphatic carbocycles. The van der Waals surface area contributed by atoms with Gasteiger partial charge in [0, 0.05) is 5.56 Å². The van der Waals surface area contributed by atoms with Crippen molar-refractivity contribution < 1.29 is 18.7 Å². The van der Waals surface area contributed by atoms with Gasteiger partial charge in [0.25, 0.3) is 5.91 Å². The Balaban J connectivity index is 2.01. The molecule has 23 heavy (non-hydrogen) atoms. The largest absolute Gasteiger partial charge is 0.465 e. The third-order valence-electron chi connectivity index (χ3n) is 3.33. The van der Waals surface area contributed by atoms with Crippen molar-refractivity contribution in [2.45, 2.75) is 20.8 Å². The van der Waals surface area contributed by atoms with Crippen molar-refractivity contribution in [1.29, 1.82) is 0 Å². The van der Waals surface area contributed by atoms with E-state index in [1.54, 1.807) is 39.0 Å². The number of aryl methyl sites for hydroxylation is 2. The molecule has 0 bridgehead atoms. The predicted octanol–water partition coefficient (Wildman–Crippen LogP) is 4.31. The highest BCUT2D eigenvalue weighted by Gasteiger charge is 2.21. The minimum absolute atomic E-state index is 0.281. The van der Waals surface area contributed by atoms with Gasteiger partial charge in [0.05, 0.1) is 15.7 Å². The Kier molecular flexibility index (Phi) is 5.34. The number of halogens is 2. The number of ether oxygens (including phenoxy) is 1. The topological polar surface area (TPSA) is 68.5 Å². The molecular weight excluding hydrogens is 341 g/mol. The van der Waals surface area contributed by atoms with Gasteiger partial charge < -0.3 is 14.5 Å². The Bertz CT molecular complexity index is 747. The maximum absolute atomic E-state index is 12.1. The van der Waals surface area contributed by atoms with Crippen molar-refractivity contribution >= 4 is 40.8 Å². The van der Waals surface area contributed by atoms with Gasteiger partial charge in [0.15, 0.2) is 6.61 Å². The first-order valence-corrected chi connectivity index (χ1v) is 7.54. The maximum Gasteiger partial charge on any atom is 0.342 e. The van der Waals surface area contributed by atoms with Gasteiger partial charge in [0.1, 0.15) is 17.1 Å². The van der Waals surface area contributed by atoms with Gasteiger partial charge in [-0.25, -0.2) is 4.79 Å². The number of nitrogens with one attached hydrogen (secondary N) is 1. The van der Waals surface area contributed by atoms with E-state index in [4.69, 9.17) is 32.4 Å². The van der Waals surface area contributed by atoms with Crippen molar-refractivity contribution in [3.05, 3.63) is 50.9 Å². The summed E-state index contributed by atoms with van der Waals surface area (Å²) < 4.78 is 10.4. The van der Waals surface area contributed by atoms with Crippen LogP contribution >= 0.6 is 23.2 Å². The Hall–Kier alpha value is -1.98. The zero-order valence-electron chi connectivity index (χ0n) is 12.8. The minimum Gasteiger partial charge on any atom is -0.465 e. The van der Waals surface area contributed by atoms with Crippen LogP contribution in [0.2, 0.25) is 10.0 Å². The molecule has 1 amide bonds. The van der Waals surface area contributed by atoms with Gasteiger partial charge >= 0.3 is 5.97 Å². The quantitative estimate of drug-likeness (QED) is 0.829. The molecule has 0 aliphatic heterocycles. The summed E-state index contributed by atoms with van der Waals surface area (Å²) in [5, 5.41) is 3.12. The highest BCUT2D eigenvalue weighted by Crippen LogP contribution is 2.29. The summed E-state index contributed by atoms with van der Waals surface area (Å²) in [5.74, 6) is -0.0533. The second-order valence-electron chi connectivity index (χ2n) is 4.94. The molecule has 0 unspecified atom stereocenters. The Morgan fingerprint density at radius 1 is 1.13 bits per heavy atom. The van der Waals surface area contributed by atoms with E-state index in [0.29, 0.717) is 32.7 Å². The molecule has 2 rings (SSSR count). The summed E-state index contributed by atoms with van der Waals surface area (Å²) in [4.78, 5) is 24.0. The predicted molar refractivity (Wildman–Crippen MR) is 88.3 cm³/mol. The standard InChI is InChI=1S/C16H15Cl2NO4/c1-8-9(2)23-10(3)14(8)16(21)22-7-13(20)19-15-11(17)5-4-6-12(15)18/h4-6H,7H2,1-3H3,(H,19,20). The zero-order valence-corrected chi connectivity index (χ0v) is 14.3. The number of carbonyl (C=O) groups is 2. The first-order chi connectivity index (χ1) is 10.8. The second-order valence-corrected chi connectivity index (χ2v) is 5.75. The van der Waals surface area contributed by atoms with Crippen molar-refractivity contribution in [2.75, 3.05) is 11.9 Å². The van der Waals surface area contributed by atoms with Crippen LogP contribution in [0.4, 0.5) is 5.69 Å². The van der Waals surface area contributed by atoms with E-state index in [-0.39, 0.29) is 5.69 Å². The van der Waals surface area contributed by atoms with E-state index in [9.17, 15) is 9.59 Å². The fraction of sp³-hybridized carbons (Fsp3) is 0.250. The van der Waals surface area contributed by atoms with E-state index in [1.807, 2.05) is 0 Å². The van der Waals surface area contributed by atoms with Crippen molar-refractivity contribution in [2.24, 2.45) is 0 Å². The molecule has 1 heterocycles. The number of hydrogen-bond donors (Lipinski definition) is 1. The molecular formula is C16H15Cl2NO4. The van der Waals surface area contributed by atoms with E-state index in [1.165, 1.54) is 0 Å². The smallest absolute Gasteiger partial charge is 0.342 e. The number of anilines is 1. The Labute approximate surface area is 143 Å². The number of amides is 1.